The van der Waals surface area contributed by atoms with E-state index in [1.54, 1.807) is 12.1 Å². The van der Waals surface area contributed by atoms with Crippen molar-refractivity contribution in [3.05, 3.63) is 64.7 Å². The number of hydrogen-bond donors (Lipinski definition) is 1. The Labute approximate surface area is 258 Å². The number of benzene rings is 2. The number of aryl methyl sites for hydroxylation is 1. The molecule has 0 bridgehead atoms. The number of alkyl halides is 3. The van der Waals surface area contributed by atoms with Gasteiger partial charge in [-0.25, -0.2) is 17.2 Å². The minimum atomic E-state index is -4.32. The molecule has 1 heterocycles. The Kier molecular flexibility index (Phi) is 12.3. The second-order valence-corrected chi connectivity index (χ2v) is 14.6. The van der Waals surface area contributed by atoms with Crippen molar-refractivity contribution in [1.82, 2.24) is 4.90 Å². The molecule has 4 nitrogen and oxygen atoms in total. The maximum atomic E-state index is 14.9. The summed E-state index contributed by atoms with van der Waals surface area (Å²) >= 11 is 0. The third-order valence-corrected chi connectivity index (χ3v) is 10.8. The molecule has 1 fully saturated rings. The molecule has 2 aliphatic rings. The van der Waals surface area contributed by atoms with E-state index in [0.29, 0.717) is 24.4 Å². The van der Waals surface area contributed by atoms with Crippen molar-refractivity contribution in [2.45, 2.75) is 102 Å². The first-order valence-corrected chi connectivity index (χ1v) is 17.7. The summed E-state index contributed by atoms with van der Waals surface area (Å²) in [6.45, 7) is 1.91. The summed E-state index contributed by atoms with van der Waals surface area (Å²) in [6, 6.07) is 9.45. The highest BCUT2D eigenvalue weighted by Gasteiger charge is 2.28. The predicted molar refractivity (Wildman–Crippen MR) is 165 cm³/mol. The van der Waals surface area contributed by atoms with Crippen LogP contribution in [0.3, 0.4) is 0 Å². The number of fused-ring (bicyclic) bond motifs is 1. The van der Waals surface area contributed by atoms with Crippen molar-refractivity contribution in [3.8, 4) is 5.75 Å². The molecule has 44 heavy (non-hydrogen) atoms. The number of aromatic hydroxyl groups is 1. The monoisotopic (exact) mass is 641 g/mol. The molecule has 244 valence electrons. The summed E-state index contributed by atoms with van der Waals surface area (Å²) in [5.41, 5.74) is 4.50. The average molecular weight is 642 g/mol. The van der Waals surface area contributed by atoms with Gasteiger partial charge in [0.15, 0.2) is 0 Å². The molecule has 1 saturated heterocycles. The summed E-state index contributed by atoms with van der Waals surface area (Å²) in [7, 11) is -3.47. The molecule has 1 aliphatic heterocycles. The normalized spacial score (nSPS) is 18.1. The third kappa shape index (κ3) is 10.3. The molecule has 0 saturated carbocycles. The Morgan fingerprint density at radius 1 is 0.864 bits per heavy atom. The van der Waals surface area contributed by atoms with Gasteiger partial charge in [0, 0.05) is 24.1 Å². The highest BCUT2D eigenvalue weighted by molar-refractivity contribution is 7.91. The minimum Gasteiger partial charge on any atom is -0.508 e. The molecule has 0 radical (unpaired) electrons. The van der Waals surface area contributed by atoms with Crippen LogP contribution < -0.4 is 0 Å². The molecule has 1 N–H and O–H groups in total. The molecule has 0 amide bonds. The lowest BCUT2D eigenvalue weighted by Crippen LogP contribution is -2.30. The van der Waals surface area contributed by atoms with Crippen LogP contribution in [0.2, 0.25) is 0 Å². The molecule has 1 unspecified atom stereocenters. The first-order valence-electron chi connectivity index (χ1n) is 15.9. The Morgan fingerprint density at radius 3 is 2.39 bits per heavy atom. The van der Waals surface area contributed by atoms with Crippen molar-refractivity contribution in [2.24, 2.45) is 0 Å². The number of phenolic OH excluding ortho intramolecular Hbond substituents is 1. The number of hydrogen-bond acceptors (Lipinski definition) is 4. The van der Waals surface area contributed by atoms with E-state index >= 15 is 0 Å². The second kappa shape index (κ2) is 15.7. The Hall–Kier alpha value is -2.46. The fourth-order valence-electron chi connectivity index (χ4n) is 6.79. The zero-order valence-electron chi connectivity index (χ0n) is 25.3. The van der Waals surface area contributed by atoms with Crippen molar-refractivity contribution in [2.75, 3.05) is 24.6 Å². The van der Waals surface area contributed by atoms with Gasteiger partial charge in [0.25, 0.3) is 0 Å². The van der Waals surface area contributed by atoms with Crippen LogP contribution in [0, 0.1) is 11.6 Å². The average Bonchev–Trinajstić information content (AvgIpc) is 3.30. The van der Waals surface area contributed by atoms with Crippen molar-refractivity contribution in [1.29, 1.82) is 0 Å². The van der Waals surface area contributed by atoms with Crippen LogP contribution in [0.1, 0.15) is 100 Å². The number of halogens is 5. The summed E-state index contributed by atoms with van der Waals surface area (Å²) in [5.74, 6) is -1.41. The standard InChI is InChI=1S/C34H44F5NO3S/c35-26-14-16-32(33(36)24-26)31-13-5-9-25-23-28(41)15-17-29(25)30(31)12-3-1-2-4-19-40-20-6-10-27(40)11-7-21-44(42,43)22-8-18-34(37,38)39/h14-17,23-24,27,41H,1-13,18-22H2. The van der Waals surface area contributed by atoms with E-state index in [4.69, 9.17) is 0 Å². The zero-order valence-corrected chi connectivity index (χ0v) is 26.1. The maximum absolute atomic E-state index is 14.9. The van der Waals surface area contributed by atoms with Gasteiger partial charge in [0.2, 0.25) is 0 Å². The van der Waals surface area contributed by atoms with Gasteiger partial charge in [-0.15, -0.1) is 0 Å². The quantitative estimate of drug-likeness (QED) is 0.156. The molecule has 10 heteroatoms. The Morgan fingerprint density at radius 2 is 1.61 bits per heavy atom. The predicted octanol–water partition coefficient (Wildman–Crippen LogP) is 8.87. The van der Waals surface area contributed by atoms with E-state index < -0.39 is 39.8 Å². The lowest BCUT2D eigenvalue weighted by molar-refractivity contribution is -0.134. The van der Waals surface area contributed by atoms with Crippen LogP contribution in [-0.2, 0) is 16.3 Å². The van der Waals surface area contributed by atoms with Crippen LogP contribution in [0.25, 0.3) is 11.1 Å². The largest absolute Gasteiger partial charge is 0.508 e. The third-order valence-electron chi connectivity index (χ3n) is 8.94. The van der Waals surface area contributed by atoms with E-state index in [0.717, 1.165) is 106 Å². The fourth-order valence-corrected chi connectivity index (χ4v) is 8.18. The van der Waals surface area contributed by atoms with Gasteiger partial charge in [-0.05, 0) is 130 Å². The van der Waals surface area contributed by atoms with Crippen LogP contribution in [0.4, 0.5) is 22.0 Å². The van der Waals surface area contributed by atoms with Crippen molar-refractivity contribution >= 4 is 21.0 Å². The van der Waals surface area contributed by atoms with Crippen LogP contribution >= 0.6 is 0 Å². The van der Waals surface area contributed by atoms with Gasteiger partial charge in [-0.2, -0.15) is 13.2 Å². The molecule has 0 aromatic heterocycles. The molecule has 1 atom stereocenters. The van der Waals surface area contributed by atoms with Gasteiger partial charge in [-0.1, -0.05) is 18.9 Å². The smallest absolute Gasteiger partial charge is 0.389 e. The molecule has 4 rings (SSSR count). The van der Waals surface area contributed by atoms with E-state index in [9.17, 15) is 35.5 Å². The number of sulfone groups is 1. The summed E-state index contributed by atoms with van der Waals surface area (Å²) in [4.78, 5) is 2.42. The van der Waals surface area contributed by atoms with Gasteiger partial charge in [0.1, 0.15) is 27.2 Å². The number of nitrogens with zero attached hydrogens (tertiary/aromatic N) is 1. The van der Waals surface area contributed by atoms with E-state index in [2.05, 4.69) is 4.90 Å². The lowest BCUT2D eigenvalue weighted by atomic mass is 9.88. The molecule has 2 aromatic rings. The van der Waals surface area contributed by atoms with Gasteiger partial charge < -0.3 is 10.0 Å². The van der Waals surface area contributed by atoms with Crippen LogP contribution in [0.5, 0.6) is 5.75 Å². The number of allylic oxidation sites excluding steroid dienone is 2. The van der Waals surface area contributed by atoms with Gasteiger partial charge in [-0.3, -0.25) is 0 Å². The van der Waals surface area contributed by atoms with Crippen LogP contribution in [0.15, 0.2) is 36.4 Å². The summed E-state index contributed by atoms with van der Waals surface area (Å²) < 4.78 is 89.9. The molecular formula is C34H44F5NO3S. The number of phenols is 1. The van der Waals surface area contributed by atoms with E-state index in [-0.39, 0.29) is 17.9 Å². The second-order valence-electron chi connectivity index (χ2n) is 12.3. The SMILES string of the molecule is O=S(=O)(CCCC1CCCN1CCCCCCC1=C(c2ccc(F)cc2F)CCCc2cc(O)ccc21)CCCC(F)(F)F. The van der Waals surface area contributed by atoms with Gasteiger partial charge in [0.05, 0.1) is 11.5 Å². The van der Waals surface area contributed by atoms with E-state index in [1.807, 2.05) is 6.07 Å². The molecule has 0 spiro atoms. The highest BCUT2D eigenvalue weighted by Crippen LogP contribution is 2.40. The van der Waals surface area contributed by atoms with E-state index in [1.165, 1.54) is 12.1 Å². The maximum Gasteiger partial charge on any atom is 0.389 e. The fraction of sp³-hybridized carbons (Fsp3) is 0.588. The molecular weight excluding hydrogens is 597 g/mol. The topological polar surface area (TPSA) is 57.6 Å². The number of likely N-dealkylation sites (tertiary alicyclic amines) is 1. The highest BCUT2D eigenvalue weighted by atomic mass is 32.2. The summed E-state index contributed by atoms with van der Waals surface area (Å²) in [5, 5.41) is 10.1. The summed E-state index contributed by atoms with van der Waals surface area (Å²) in [6.07, 6.45) is 4.49. The Balaban J connectivity index is 1.26. The number of rotatable bonds is 15. The first kappa shape index (κ1) is 34.4. The van der Waals surface area contributed by atoms with Crippen molar-refractivity contribution < 1.29 is 35.5 Å². The zero-order chi connectivity index (χ0) is 31.7. The lowest BCUT2D eigenvalue weighted by Gasteiger charge is -2.24. The first-order chi connectivity index (χ1) is 20.9. The van der Waals surface area contributed by atoms with Crippen LogP contribution in [-0.4, -0.2) is 55.2 Å². The number of unbranched alkanes of at least 4 members (excludes halogenated alkanes) is 3. The van der Waals surface area contributed by atoms with Gasteiger partial charge >= 0.3 is 6.18 Å². The molecule has 1 aliphatic carbocycles. The minimum absolute atomic E-state index is 0.0579. The van der Waals surface area contributed by atoms with Crippen molar-refractivity contribution in [3.63, 3.8) is 0 Å². The Bertz CT molecular complexity index is 1390. The molecule has 2 aromatic carbocycles.